The second-order valence-corrected chi connectivity index (χ2v) is 6.75. The Bertz CT molecular complexity index is 779. The fourth-order valence-corrected chi connectivity index (χ4v) is 4.26. The molecule has 9 heteroatoms. The number of hydrogen-bond acceptors (Lipinski definition) is 7. The van der Waals surface area contributed by atoms with Crippen molar-refractivity contribution in [2.45, 2.75) is 17.4 Å². The van der Waals surface area contributed by atoms with E-state index in [-0.39, 0.29) is 10.9 Å². The van der Waals surface area contributed by atoms with Crippen LogP contribution >= 0.6 is 11.7 Å². The Balaban J connectivity index is 1.89. The second-order valence-electron chi connectivity index (χ2n) is 4.54. The number of hydrogen-bond donors (Lipinski definition) is 1. The smallest absolute Gasteiger partial charge is 0.243 e. The van der Waals surface area contributed by atoms with Gasteiger partial charge in [0.15, 0.2) is 6.19 Å². The number of sulfonamides is 1. The van der Waals surface area contributed by atoms with Crippen molar-refractivity contribution in [3.05, 3.63) is 18.2 Å². The van der Waals surface area contributed by atoms with Gasteiger partial charge >= 0.3 is 0 Å². The van der Waals surface area contributed by atoms with E-state index in [1.807, 2.05) is 6.19 Å². The fraction of sp³-hybridized carbons (Fsp3) is 0.364. The van der Waals surface area contributed by atoms with Crippen LogP contribution in [0, 0.1) is 11.5 Å². The number of benzene rings is 1. The molecule has 0 spiro atoms. The van der Waals surface area contributed by atoms with E-state index in [2.05, 4.69) is 13.5 Å². The van der Waals surface area contributed by atoms with Crippen LogP contribution in [-0.4, -0.2) is 41.2 Å². The Kier molecular flexibility index (Phi) is 3.29. The molecule has 1 aliphatic heterocycles. The molecule has 20 heavy (non-hydrogen) atoms. The largest absolute Gasteiger partial charge is 0.309 e. The van der Waals surface area contributed by atoms with E-state index in [0.29, 0.717) is 30.5 Å². The van der Waals surface area contributed by atoms with Gasteiger partial charge in [-0.3, -0.25) is 0 Å². The zero-order valence-corrected chi connectivity index (χ0v) is 12.0. The first-order chi connectivity index (χ1) is 9.60. The summed E-state index contributed by atoms with van der Waals surface area (Å²) in [6.45, 7) is 0.979. The van der Waals surface area contributed by atoms with E-state index < -0.39 is 10.0 Å². The average molecular weight is 309 g/mol. The summed E-state index contributed by atoms with van der Waals surface area (Å²) >= 11 is 0.986. The van der Waals surface area contributed by atoms with Gasteiger partial charge in [0, 0.05) is 19.1 Å². The predicted molar refractivity (Wildman–Crippen MR) is 73.3 cm³/mol. The highest BCUT2D eigenvalue weighted by Gasteiger charge is 2.28. The van der Waals surface area contributed by atoms with Gasteiger partial charge in [0.1, 0.15) is 15.9 Å². The summed E-state index contributed by atoms with van der Waals surface area (Å²) < 4.78 is 35.5. The Morgan fingerprint density at radius 3 is 3.05 bits per heavy atom. The molecule has 1 aromatic carbocycles. The average Bonchev–Trinajstić information content (AvgIpc) is 3.05. The monoisotopic (exact) mass is 309 g/mol. The van der Waals surface area contributed by atoms with Gasteiger partial charge in [-0.15, -0.1) is 0 Å². The summed E-state index contributed by atoms with van der Waals surface area (Å²) in [6.07, 6.45) is 2.65. The molecule has 7 nitrogen and oxygen atoms in total. The van der Waals surface area contributed by atoms with Crippen LogP contribution in [0.25, 0.3) is 11.0 Å². The SMILES string of the molecule is N#CN1CCC(NS(=O)(=O)c2cccc3nsnc23)C1. The molecule has 2 heterocycles. The lowest BCUT2D eigenvalue weighted by Gasteiger charge is -2.12. The van der Waals surface area contributed by atoms with E-state index in [1.165, 1.54) is 11.0 Å². The molecule has 1 fully saturated rings. The van der Waals surface area contributed by atoms with Crippen LogP contribution < -0.4 is 4.72 Å². The molecule has 1 aromatic heterocycles. The molecule has 104 valence electrons. The predicted octanol–water partition coefficient (Wildman–Crippen LogP) is 0.525. The second kappa shape index (κ2) is 4.97. The van der Waals surface area contributed by atoms with Gasteiger partial charge in [-0.05, 0) is 18.6 Å². The van der Waals surface area contributed by atoms with Crippen molar-refractivity contribution in [1.82, 2.24) is 18.4 Å². The third-order valence-electron chi connectivity index (χ3n) is 3.19. The fourth-order valence-electron chi connectivity index (χ4n) is 2.23. The Labute approximate surface area is 120 Å². The van der Waals surface area contributed by atoms with E-state index in [1.54, 1.807) is 12.1 Å². The van der Waals surface area contributed by atoms with Crippen LogP contribution in [-0.2, 0) is 10.0 Å². The van der Waals surface area contributed by atoms with Crippen molar-refractivity contribution in [2.24, 2.45) is 0 Å². The molecule has 0 bridgehead atoms. The third-order valence-corrected chi connectivity index (χ3v) is 5.28. The zero-order valence-electron chi connectivity index (χ0n) is 10.4. The number of fused-ring (bicyclic) bond motifs is 1. The standard InChI is InChI=1S/C11H11N5O2S2/c12-7-16-5-4-8(6-16)15-20(17,18)10-3-1-2-9-11(10)14-19-13-9/h1-3,8,15H,4-6H2. The molecular formula is C11H11N5O2S2. The molecule has 1 atom stereocenters. The molecule has 2 aromatic rings. The van der Waals surface area contributed by atoms with E-state index in [0.717, 1.165) is 11.7 Å². The molecule has 0 aliphatic carbocycles. The highest BCUT2D eigenvalue weighted by molar-refractivity contribution is 7.89. The third kappa shape index (κ3) is 2.33. The minimum atomic E-state index is -3.65. The summed E-state index contributed by atoms with van der Waals surface area (Å²) in [4.78, 5) is 1.68. The first-order valence-electron chi connectivity index (χ1n) is 5.98. The maximum atomic E-state index is 12.4. The molecule has 0 amide bonds. The Morgan fingerprint density at radius 1 is 1.45 bits per heavy atom. The maximum Gasteiger partial charge on any atom is 0.243 e. The van der Waals surface area contributed by atoms with Crippen molar-refractivity contribution in [1.29, 1.82) is 5.26 Å². The summed E-state index contributed by atoms with van der Waals surface area (Å²) in [5, 5.41) is 8.79. The number of aromatic nitrogens is 2. The minimum absolute atomic E-state index is 0.138. The number of rotatable bonds is 3. The normalized spacial score (nSPS) is 19.4. The molecule has 0 saturated carbocycles. The van der Waals surface area contributed by atoms with Gasteiger partial charge in [-0.1, -0.05) is 6.07 Å². The highest BCUT2D eigenvalue weighted by Crippen LogP contribution is 2.22. The van der Waals surface area contributed by atoms with Gasteiger partial charge in [-0.2, -0.15) is 14.0 Å². The molecule has 1 N–H and O–H groups in total. The topological polar surface area (TPSA) is 99.0 Å². The van der Waals surface area contributed by atoms with Crippen molar-refractivity contribution in [2.75, 3.05) is 13.1 Å². The number of nitriles is 1. The molecular weight excluding hydrogens is 298 g/mol. The summed E-state index contributed by atoms with van der Waals surface area (Å²) in [5.74, 6) is 0. The lowest BCUT2D eigenvalue weighted by atomic mass is 10.3. The van der Waals surface area contributed by atoms with Crippen LogP contribution in [0.1, 0.15) is 6.42 Å². The number of nitrogens with one attached hydrogen (secondary N) is 1. The number of likely N-dealkylation sites (tertiary alicyclic amines) is 1. The summed E-state index contributed by atoms with van der Waals surface area (Å²) in [6, 6.07) is 4.64. The molecule has 3 rings (SSSR count). The van der Waals surface area contributed by atoms with Crippen molar-refractivity contribution < 1.29 is 8.42 Å². The molecule has 1 saturated heterocycles. The van der Waals surface area contributed by atoms with E-state index >= 15 is 0 Å². The summed E-state index contributed by atoms with van der Waals surface area (Å²) in [5.41, 5.74) is 0.961. The first-order valence-corrected chi connectivity index (χ1v) is 8.20. The minimum Gasteiger partial charge on any atom is -0.309 e. The lowest BCUT2D eigenvalue weighted by Crippen LogP contribution is -2.36. The van der Waals surface area contributed by atoms with Crippen molar-refractivity contribution in [3.8, 4) is 6.19 Å². The van der Waals surface area contributed by atoms with Gasteiger partial charge in [-0.25, -0.2) is 13.1 Å². The summed E-state index contributed by atoms with van der Waals surface area (Å²) in [7, 11) is -3.65. The molecule has 0 radical (unpaired) electrons. The van der Waals surface area contributed by atoms with Crippen LogP contribution in [0.2, 0.25) is 0 Å². The van der Waals surface area contributed by atoms with Crippen LogP contribution in [0.5, 0.6) is 0 Å². The van der Waals surface area contributed by atoms with Gasteiger partial charge in [0.25, 0.3) is 0 Å². The highest BCUT2D eigenvalue weighted by atomic mass is 32.2. The van der Waals surface area contributed by atoms with Gasteiger partial charge in [0.2, 0.25) is 10.0 Å². The molecule has 1 unspecified atom stereocenters. The maximum absolute atomic E-state index is 12.4. The first kappa shape index (κ1) is 13.2. The Morgan fingerprint density at radius 2 is 2.30 bits per heavy atom. The number of nitrogens with zero attached hydrogens (tertiary/aromatic N) is 4. The zero-order chi connectivity index (χ0) is 14.2. The van der Waals surface area contributed by atoms with Crippen molar-refractivity contribution in [3.63, 3.8) is 0 Å². The van der Waals surface area contributed by atoms with Crippen LogP contribution in [0.4, 0.5) is 0 Å². The van der Waals surface area contributed by atoms with E-state index in [4.69, 9.17) is 5.26 Å². The van der Waals surface area contributed by atoms with Gasteiger partial charge < -0.3 is 4.90 Å². The van der Waals surface area contributed by atoms with Crippen LogP contribution in [0.3, 0.4) is 0 Å². The van der Waals surface area contributed by atoms with E-state index in [9.17, 15) is 8.42 Å². The van der Waals surface area contributed by atoms with Crippen LogP contribution in [0.15, 0.2) is 23.1 Å². The van der Waals surface area contributed by atoms with Crippen molar-refractivity contribution >= 4 is 32.8 Å². The quantitative estimate of drug-likeness (QED) is 0.830. The Hall–Kier alpha value is -1.76. The van der Waals surface area contributed by atoms with Gasteiger partial charge in [0.05, 0.1) is 11.7 Å². The molecule has 1 aliphatic rings. The lowest BCUT2D eigenvalue weighted by molar-refractivity contribution is 0.470.